The zero-order valence-electron chi connectivity index (χ0n) is 11.4. The SMILES string of the molecule is COc1ccc(C(=O)NC(C)(C)c2cn[nH]n2)cc1Cl. The Bertz CT molecular complexity index is 611. The van der Waals surface area contributed by atoms with E-state index in [0.717, 1.165) is 0 Å². The van der Waals surface area contributed by atoms with Gasteiger partial charge in [-0.05, 0) is 32.0 Å². The molecule has 0 aliphatic heterocycles. The van der Waals surface area contributed by atoms with Crippen molar-refractivity contribution in [2.24, 2.45) is 0 Å². The normalized spacial score (nSPS) is 11.2. The summed E-state index contributed by atoms with van der Waals surface area (Å²) in [6, 6.07) is 4.87. The Morgan fingerprint density at radius 2 is 2.20 bits per heavy atom. The first kappa shape index (κ1) is 14.3. The zero-order chi connectivity index (χ0) is 14.8. The third kappa shape index (κ3) is 2.91. The number of aromatic nitrogens is 3. The van der Waals surface area contributed by atoms with Gasteiger partial charge < -0.3 is 10.1 Å². The van der Waals surface area contributed by atoms with Crippen molar-refractivity contribution in [3.05, 3.63) is 40.7 Å². The van der Waals surface area contributed by atoms with E-state index in [9.17, 15) is 4.79 Å². The largest absolute Gasteiger partial charge is 0.495 e. The molecule has 2 aromatic rings. The van der Waals surface area contributed by atoms with Crippen LogP contribution < -0.4 is 10.1 Å². The second kappa shape index (κ2) is 5.50. The maximum atomic E-state index is 12.2. The van der Waals surface area contributed by atoms with Crippen LogP contribution >= 0.6 is 11.6 Å². The number of carbonyl (C=O) groups is 1. The molecule has 20 heavy (non-hydrogen) atoms. The van der Waals surface area contributed by atoms with Crippen LogP contribution in [-0.2, 0) is 5.54 Å². The molecule has 106 valence electrons. The Kier molecular flexibility index (Phi) is 3.94. The summed E-state index contributed by atoms with van der Waals surface area (Å²) in [7, 11) is 1.52. The smallest absolute Gasteiger partial charge is 0.252 e. The summed E-state index contributed by atoms with van der Waals surface area (Å²) in [5.41, 5.74) is 0.453. The lowest BCUT2D eigenvalue weighted by Gasteiger charge is -2.23. The molecule has 1 amide bonds. The number of aromatic amines is 1. The molecule has 1 aromatic heterocycles. The highest BCUT2D eigenvalue weighted by atomic mass is 35.5. The van der Waals surface area contributed by atoms with Crippen LogP contribution in [0.5, 0.6) is 5.75 Å². The summed E-state index contributed by atoms with van der Waals surface area (Å²) in [6.07, 6.45) is 1.57. The predicted molar refractivity (Wildman–Crippen MR) is 74.9 cm³/mol. The van der Waals surface area contributed by atoms with Crippen LogP contribution in [0.1, 0.15) is 29.9 Å². The van der Waals surface area contributed by atoms with Crippen LogP contribution in [0.4, 0.5) is 0 Å². The number of ether oxygens (including phenoxy) is 1. The van der Waals surface area contributed by atoms with Gasteiger partial charge in [-0.1, -0.05) is 11.6 Å². The van der Waals surface area contributed by atoms with Crippen molar-refractivity contribution in [1.82, 2.24) is 20.7 Å². The monoisotopic (exact) mass is 294 g/mol. The number of benzene rings is 1. The first-order valence-electron chi connectivity index (χ1n) is 5.96. The average molecular weight is 295 g/mol. The fourth-order valence-corrected chi connectivity index (χ4v) is 1.99. The Morgan fingerprint density at radius 3 is 2.75 bits per heavy atom. The molecule has 0 atom stereocenters. The van der Waals surface area contributed by atoms with Crippen LogP contribution in [-0.4, -0.2) is 28.4 Å². The van der Waals surface area contributed by atoms with E-state index < -0.39 is 5.54 Å². The Morgan fingerprint density at radius 1 is 1.45 bits per heavy atom. The minimum atomic E-state index is -0.642. The van der Waals surface area contributed by atoms with Crippen molar-refractivity contribution >= 4 is 17.5 Å². The number of hydrogen-bond acceptors (Lipinski definition) is 4. The molecule has 0 aliphatic carbocycles. The molecule has 0 saturated carbocycles. The molecule has 0 spiro atoms. The number of hydrogen-bond donors (Lipinski definition) is 2. The van der Waals surface area contributed by atoms with E-state index in [1.807, 2.05) is 13.8 Å². The van der Waals surface area contributed by atoms with Gasteiger partial charge in [-0.25, -0.2) is 0 Å². The van der Waals surface area contributed by atoms with E-state index in [4.69, 9.17) is 16.3 Å². The summed E-state index contributed by atoms with van der Waals surface area (Å²) in [6.45, 7) is 3.68. The number of nitrogens with zero attached hydrogens (tertiary/aromatic N) is 2. The van der Waals surface area contributed by atoms with Gasteiger partial charge in [0.05, 0.1) is 23.9 Å². The van der Waals surface area contributed by atoms with Crippen molar-refractivity contribution in [3.63, 3.8) is 0 Å². The predicted octanol–water partition coefficient (Wildman–Crippen LogP) is 2.13. The van der Waals surface area contributed by atoms with Gasteiger partial charge in [0.15, 0.2) is 0 Å². The fraction of sp³-hybridized carbons (Fsp3) is 0.308. The lowest BCUT2D eigenvalue weighted by atomic mass is 10.0. The maximum absolute atomic E-state index is 12.2. The molecule has 0 bridgehead atoms. The molecule has 2 N–H and O–H groups in total. The molecule has 2 rings (SSSR count). The molecule has 1 heterocycles. The van der Waals surface area contributed by atoms with E-state index in [2.05, 4.69) is 20.7 Å². The number of halogens is 1. The van der Waals surface area contributed by atoms with Crippen LogP contribution in [0.2, 0.25) is 5.02 Å². The topological polar surface area (TPSA) is 79.9 Å². The van der Waals surface area contributed by atoms with E-state index in [1.54, 1.807) is 24.4 Å². The van der Waals surface area contributed by atoms with Gasteiger partial charge in [0, 0.05) is 5.56 Å². The quantitative estimate of drug-likeness (QED) is 0.905. The highest BCUT2D eigenvalue weighted by molar-refractivity contribution is 6.32. The molecular formula is C13H15ClN4O2. The van der Waals surface area contributed by atoms with Crippen LogP contribution in [0, 0.1) is 0 Å². The minimum absolute atomic E-state index is 0.248. The summed E-state index contributed by atoms with van der Waals surface area (Å²) in [5.74, 6) is 0.279. The standard InChI is InChI=1S/C13H15ClN4O2/c1-13(2,11-7-15-18-17-11)16-12(19)8-4-5-10(20-3)9(14)6-8/h4-7H,1-3H3,(H,16,19)(H,15,17,18). The molecule has 0 aliphatic rings. The second-order valence-corrected chi connectivity index (χ2v) is 5.19. The zero-order valence-corrected chi connectivity index (χ0v) is 12.2. The highest BCUT2D eigenvalue weighted by Gasteiger charge is 2.26. The lowest BCUT2D eigenvalue weighted by Crippen LogP contribution is -2.41. The van der Waals surface area contributed by atoms with Gasteiger partial charge in [0.25, 0.3) is 5.91 Å². The first-order valence-corrected chi connectivity index (χ1v) is 6.34. The van der Waals surface area contributed by atoms with Gasteiger partial charge >= 0.3 is 0 Å². The van der Waals surface area contributed by atoms with E-state index in [0.29, 0.717) is 22.0 Å². The minimum Gasteiger partial charge on any atom is -0.495 e. The van der Waals surface area contributed by atoms with Gasteiger partial charge in [0.2, 0.25) is 0 Å². The molecule has 0 fully saturated rings. The van der Waals surface area contributed by atoms with Crippen LogP contribution in [0.15, 0.2) is 24.4 Å². The van der Waals surface area contributed by atoms with Gasteiger partial charge in [-0.2, -0.15) is 15.4 Å². The second-order valence-electron chi connectivity index (χ2n) is 4.78. The molecule has 1 aromatic carbocycles. The van der Waals surface area contributed by atoms with Crippen molar-refractivity contribution in [2.75, 3.05) is 7.11 Å². The summed E-state index contributed by atoms with van der Waals surface area (Å²) in [5, 5.41) is 13.5. The number of amides is 1. The van der Waals surface area contributed by atoms with Crippen molar-refractivity contribution in [1.29, 1.82) is 0 Å². The van der Waals surface area contributed by atoms with Crippen LogP contribution in [0.25, 0.3) is 0 Å². The number of rotatable bonds is 4. The van der Waals surface area contributed by atoms with Gasteiger partial charge in [0.1, 0.15) is 11.4 Å². The number of nitrogens with one attached hydrogen (secondary N) is 2. The Hall–Kier alpha value is -2.08. The third-order valence-electron chi connectivity index (χ3n) is 2.90. The highest BCUT2D eigenvalue weighted by Crippen LogP contribution is 2.25. The lowest BCUT2D eigenvalue weighted by molar-refractivity contribution is 0.0910. The first-order chi connectivity index (χ1) is 9.44. The maximum Gasteiger partial charge on any atom is 0.252 e. The number of carbonyl (C=O) groups excluding carboxylic acids is 1. The number of methoxy groups -OCH3 is 1. The Balaban J connectivity index is 2.18. The van der Waals surface area contributed by atoms with E-state index >= 15 is 0 Å². The molecule has 6 nitrogen and oxygen atoms in total. The van der Waals surface area contributed by atoms with Crippen molar-refractivity contribution < 1.29 is 9.53 Å². The fourth-order valence-electron chi connectivity index (χ4n) is 1.73. The molecule has 0 unspecified atom stereocenters. The molecular weight excluding hydrogens is 280 g/mol. The van der Waals surface area contributed by atoms with Gasteiger partial charge in [-0.15, -0.1) is 0 Å². The van der Waals surface area contributed by atoms with E-state index in [1.165, 1.54) is 7.11 Å². The third-order valence-corrected chi connectivity index (χ3v) is 3.19. The van der Waals surface area contributed by atoms with Crippen molar-refractivity contribution in [3.8, 4) is 5.75 Å². The molecule has 7 heteroatoms. The van der Waals surface area contributed by atoms with E-state index in [-0.39, 0.29) is 5.91 Å². The summed E-state index contributed by atoms with van der Waals surface area (Å²) >= 11 is 6.01. The average Bonchev–Trinajstić information content (AvgIpc) is 2.92. The number of H-pyrrole nitrogens is 1. The molecule has 0 radical (unpaired) electrons. The van der Waals surface area contributed by atoms with Crippen LogP contribution in [0.3, 0.4) is 0 Å². The van der Waals surface area contributed by atoms with Crippen molar-refractivity contribution in [2.45, 2.75) is 19.4 Å². The molecule has 0 saturated heterocycles. The summed E-state index contributed by atoms with van der Waals surface area (Å²) < 4.78 is 5.05. The Labute approximate surface area is 121 Å². The van der Waals surface area contributed by atoms with Gasteiger partial charge in [-0.3, -0.25) is 4.79 Å². The summed E-state index contributed by atoms with van der Waals surface area (Å²) in [4.78, 5) is 12.2.